The van der Waals surface area contributed by atoms with Crippen LogP contribution in [0.4, 0.5) is 0 Å². The van der Waals surface area contributed by atoms with Gasteiger partial charge >= 0.3 is 0 Å². The van der Waals surface area contributed by atoms with Crippen molar-refractivity contribution in [1.29, 1.82) is 0 Å². The summed E-state index contributed by atoms with van der Waals surface area (Å²) in [7, 11) is 0. The van der Waals surface area contributed by atoms with Crippen molar-refractivity contribution in [2.24, 2.45) is 5.16 Å². The van der Waals surface area contributed by atoms with Crippen LogP contribution in [0.3, 0.4) is 0 Å². The van der Waals surface area contributed by atoms with Gasteiger partial charge in [-0.1, -0.05) is 36.3 Å². The zero-order valence-corrected chi connectivity index (χ0v) is 8.44. The molecule has 0 saturated heterocycles. The molecule has 2 heteroatoms. The Morgan fingerprint density at radius 2 is 2.07 bits per heavy atom. The lowest BCUT2D eigenvalue weighted by atomic mass is 10.1. The number of hydrogen-bond acceptors (Lipinski definition) is 2. The first kappa shape index (κ1) is 9.25. The van der Waals surface area contributed by atoms with Gasteiger partial charge in [-0.15, -0.1) is 0 Å². The number of hydrogen-bond donors (Lipinski definition) is 0. The normalized spacial score (nSPS) is 16.1. The van der Waals surface area contributed by atoms with E-state index in [1.165, 1.54) is 5.56 Å². The van der Waals surface area contributed by atoms with Gasteiger partial charge in [0.05, 0.1) is 6.21 Å². The lowest BCUT2D eigenvalue weighted by Gasteiger charge is -1.97. The van der Waals surface area contributed by atoms with E-state index in [0.717, 1.165) is 24.8 Å². The first-order chi connectivity index (χ1) is 6.88. The molecule has 0 spiro atoms. The van der Waals surface area contributed by atoms with E-state index in [1.807, 2.05) is 0 Å². The Hall–Kier alpha value is -1.31. The molecule has 0 unspecified atom stereocenters. The zero-order valence-electron chi connectivity index (χ0n) is 8.44. The average Bonchev–Trinajstić information content (AvgIpc) is 3.03. The quantitative estimate of drug-likeness (QED) is 0.527. The van der Waals surface area contributed by atoms with Gasteiger partial charge < -0.3 is 4.84 Å². The molecule has 1 fully saturated rings. The van der Waals surface area contributed by atoms with E-state index in [0.29, 0.717) is 6.10 Å². The molecule has 0 bridgehead atoms. The standard InChI is InChI=1S/C12H15NO/c1-2-10-3-5-11(6-4-10)9-13-14-12-7-8-12/h3-6,9,12H,2,7-8H2,1H3. The van der Waals surface area contributed by atoms with E-state index in [9.17, 15) is 0 Å². The summed E-state index contributed by atoms with van der Waals surface area (Å²) >= 11 is 0. The first-order valence-electron chi connectivity index (χ1n) is 5.16. The molecular weight excluding hydrogens is 174 g/mol. The Kier molecular flexibility index (Phi) is 2.82. The van der Waals surface area contributed by atoms with Crippen LogP contribution in [0, 0.1) is 0 Å². The second-order valence-electron chi connectivity index (χ2n) is 3.63. The van der Waals surface area contributed by atoms with E-state index in [2.05, 4.69) is 36.3 Å². The molecule has 0 heterocycles. The fourth-order valence-electron chi connectivity index (χ4n) is 1.19. The zero-order chi connectivity index (χ0) is 9.80. The van der Waals surface area contributed by atoms with Crippen molar-refractivity contribution < 1.29 is 4.84 Å². The number of nitrogens with zero attached hydrogens (tertiary/aromatic N) is 1. The minimum atomic E-state index is 0.390. The third-order valence-corrected chi connectivity index (χ3v) is 2.32. The SMILES string of the molecule is CCc1ccc(C=NOC2CC2)cc1. The summed E-state index contributed by atoms with van der Waals surface area (Å²) in [5.41, 5.74) is 2.45. The predicted octanol–water partition coefficient (Wildman–Crippen LogP) is 2.76. The van der Waals surface area contributed by atoms with Gasteiger partial charge in [0.1, 0.15) is 6.10 Å². The fraction of sp³-hybridized carbons (Fsp3) is 0.417. The molecule has 1 aromatic carbocycles. The van der Waals surface area contributed by atoms with E-state index in [1.54, 1.807) is 6.21 Å². The maximum absolute atomic E-state index is 5.18. The molecule has 1 aliphatic carbocycles. The van der Waals surface area contributed by atoms with Crippen LogP contribution in [-0.2, 0) is 11.3 Å². The van der Waals surface area contributed by atoms with Crippen molar-refractivity contribution >= 4 is 6.21 Å². The van der Waals surface area contributed by atoms with Crippen molar-refractivity contribution in [3.8, 4) is 0 Å². The van der Waals surface area contributed by atoms with Crippen LogP contribution in [0.25, 0.3) is 0 Å². The van der Waals surface area contributed by atoms with Crippen LogP contribution in [0.1, 0.15) is 30.9 Å². The van der Waals surface area contributed by atoms with Gasteiger partial charge in [-0.3, -0.25) is 0 Å². The molecule has 2 rings (SSSR count). The van der Waals surface area contributed by atoms with Crippen LogP contribution >= 0.6 is 0 Å². The number of oxime groups is 1. The summed E-state index contributed by atoms with van der Waals surface area (Å²) in [5, 5.41) is 3.93. The molecule has 74 valence electrons. The predicted molar refractivity (Wildman–Crippen MR) is 57.5 cm³/mol. The minimum absolute atomic E-state index is 0.390. The summed E-state index contributed by atoms with van der Waals surface area (Å²) in [5.74, 6) is 0. The molecule has 14 heavy (non-hydrogen) atoms. The Morgan fingerprint density at radius 1 is 1.36 bits per heavy atom. The topological polar surface area (TPSA) is 21.6 Å². The largest absolute Gasteiger partial charge is 0.392 e. The lowest BCUT2D eigenvalue weighted by molar-refractivity contribution is 0.131. The van der Waals surface area contributed by atoms with Gasteiger partial charge in [-0.25, -0.2) is 0 Å². The Balaban J connectivity index is 1.91. The van der Waals surface area contributed by atoms with E-state index >= 15 is 0 Å². The third kappa shape index (κ3) is 2.59. The van der Waals surface area contributed by atoms with Crippen molar-refractivity contribution in [2.45, 2.75) is 32.3 Å². The fourth-order valence-corrected chi connectivity index (χ4v) is 1.19. The number of benzene rings is 1. The van der Waals surface area contributed by atoms with E-state index in [4.69, 9.17) is 4.84 Å². The smallest absolute Gasteiger partial charge is 0.127 e. The van der Waals surface area contributed by atoms with Gasteiger partial charge in [0.25, 0.3) is 0 Å². The first-order valence-corrected chi connectivity index (χ1v) is 5.16. The molecule has 0 radical (unpaired) electrons. The molecule has 2 nitrogen and oxygen atoms in total. The Bertz CT molecular complexity index is 312. The lowest BCUT2D eigenvalue weighted by Crippen LogP contribution is -1.87. The summed E-state index contributed by atoms with van der Waals surface area (Å²) in [6.45, 7) is 2.15. The minimum Gasteiger partial charge on any atom is -0.392 e. The van der Waals surface area contributed by atoms with Crippen molar-refractivity contribution in [1.82, 2.24) is 0 Å². The van der Waals surface area contributed by atoms with Gasteiger partial charge in [0, 0.05) is 0 Å². The number of aryl methyl sites for hydroxylation is 1. The molecule has 1 aliphatic rings. The molecule has 0 atom stereocenters. The molecule has 0 aliphatic heterocycles. The second-order valence-corrected chi connectivity index (χ2v) is 3.63. The van der Waals surface area contributed by atoms with Crippen LogP contribution in [0.15, 0.2) is 29.4 Å². The molecule has 0 N–H and O–H groups in total. The van der Waals surface area contributed by atoms with Crippen LogP contribution < -0.4 is 0 Å². The molecular formula is C12H15NO. The van der Waals surface area contributed by atoms with Gasteiger partial charge in [0.15, 0.2) is 0 Å². The molecule has 1 aromatic rings. The van der Waals surface area contributed by atoms with Crippen molar-refractivity contribution in [3.63, 3.8) is 0 Å². The van der Waals surface area contributed by atoms with Gasteiger partial charge in [0.2, 0.25) is 0 Å². The third-order valence-electron chi connectivity index (χ3n) is 2.32. The molecule has 0 aromatic heterocycles. The molecule has 1 saturated carbocycles. The highest BCUT2D eigenvalue weighted by Gasteiger charge is 2.23. The second kappa shape index (κ2) is 4.27. The van der Waals surface area contributed by atoms with E-state index in [-0.39, 0.29) is 0 Å². The summed E-state index contributed by atoms with van der Waals surface area (Å²) < 4.78 is 0. The van der Waals surface area contributed by atoms with Crippen LogP contribution in [0.2, 0.25) is 0 Å². The number of rotatable bonds is 4. The maximum Gasteiger partial charge on any atom is 0.127 e. The highest BCUT2D eigenvalue weighted by Crippen LogP contribution is 2.23. The van der Waals surface area contributed by atoms with Crippen LogP contribution in [-0.4, -0.2) is 12.3 Å². The average molecular weight is 189 g/mol. The summed E-state index contributed by atoms with van der Waals surface area (Å²) in [6, 6.07) is 8.38. The van der Waals surface area contributed by atoms with Crippen molar-refractivity contribution in [3.05, 3.63) is 35.4 Å². The monoisotopic (exact) mass is 189 g/mol. The van der Waals surface area contributed by atoms with Crippen LogP contribution in [0.5, 0.6) is 0 Å². The maximum atomic E-state index is 5.18. The highest BCUT2D eigenvalue weighted by atomic mass is 16.6. The van der Waals surface area contributed by atoms with E-state index < -0.39 is 0 Å². The van der Waals surface area contributed by atoms with Gasteiger partial charge in [-0.05, 0) is 30.4 Å². The summed E-state index contributed by atoms with van der Waals surface area (Å²) in [4.78, 5) is 5.18. The van der Waals surface area contributed by atoms with Crippen molar-refractivity contribution in [2.75, 3.05) is 0 Å². The summed E-state index contributed by atoms with van der Waals surface area (Å²) in [6.07, 6.45) is 5.56. The Labute approximate surface area is 84.6 Å². The molecule has 0 amide bonds. The highest BCUT2D eigenvalue weighted by molar-refractivity contribution is 5.79. The Morgan fingerprint density at radius 3 is 2.64 bits per heavy atom. The van der Waals surface area contributed by atoms with Gasteiger partial charge in [-0.2, -0.15) is 0 Å².